The second-order valence-electron chi connectivity index (χ2n) is 4.62. The summed E-state index contributed by atoms with van der Waals surface area (Å²) in [7, 11) is 1.66. The second-order valence-corrected chi connectivity index (χ2v) is 4.62. The fraction of sp³-hybridized carbons (Fsp3) is 0.917. The largest absolute Gasteiger partial charge is 0.399 e. The third kappa shape index (κ3) is 2.71. The van der Waals surface area contributed by atoms with Crippen LogP contribution in [0.3, 0.4) is 0 Å². The second kappa shape index (κ2) is 5.50. The molecule has 1 aliphatic carbocycles. The van der Waals surface area contributed by atoms with Gasteiger partial charge in [-0.2, -0.15) is 0 Å². The number of hydrogen-bond acceptors (Lipinski definition) is 3. The average molecular weight is 210 g/mol. The molecule has 2 rings (SSSR count). The van der Waals surface area contributed by atoms with Crippen molar-refractivity contribution in [3.63, 3.8) is 0 Å². The van der Waals surface area contributed by atoms with E-state index in [1.807, 2.05) is 0 Å². The standard InChI is InChI=1S/C12H22N2O/c1-15-13-11-7-3-4-8-12(11)14-9-5-2-6-10-14/h12H,2-10H2,1H3. The average Bonchev–Trinajstić information content (AvgIpc) is 2.31. The van der Waals surface area contributed by atoms with Crippen molar-refractivity contribution in [2.24, 2.45) is 5.16 Å². The smallest absolute Gasteiger partial charge is 0.106 e. The lowest BCUT2D eigenvalue weighted by Gasteiger charge is -2.37. The Labute approximate surface area is 92.5 Å². The van der Waals surface area contributed by atoms with E-state index >= 15 is 0 Å². The van der Waals surface area contributed by atoms with Crippen LogP contribution in [0, 0.1) is 0 Å². The Morgan fingerprint density at radius 3 is 2.67 bits per heavy atom. The fourth-order valence-corrected chi connectivity index (χ4v) is 2.82. The summed E-state index contributed by atoms with van der Waals surface area (Å²) in [5.74, 6) is 0. The van der Waals surface area contributed by atoms with Gasteiger partial charge in [0.05, 0.1) is 11.8 Å². The van der Waals surface area contributed by atoms with Gasteiger partial charge in [-0.15, -0.1) is 0 Å². The number of likely N-dealkylation sites (tertiary alicyclic amines) is 1. The lowest BCUT2D eigenvalue weighted by molar-refractivity contribution is 0.170. The maximum atomic E-state index is 4.96. The molecule has 15 heavy (non-hydrogen) atoms. The Bertz CT molecular complexity index is 222. The summed E-state index contributed by atoms with van der Waals surface area (Å²) in [6.45, 7) is 2.51. The molecule has 0 aromatic rings. The van der Waals surface area contributed by atoms with Crippen molar-refractivity contribution in [3.8, 4) is 0 Å². The first-order chi connectivity index (χ1) is 7.42. The summed E-state index contributed by atoms with van der Waals surface area (Å²) in [5.41, 5.74) is 1.28. The normalized spacial score (nSPS) is 31.8. The predicted octanol–water partition coefficient (Wildman–Crippen LogP) is 2.42. The van der Waals surface area contributed by atoms with Crippen LogP contribution in [-0.2, 0) is 4.84 Å². The number of oxime groups is 1. The van der Waals surface area contributed by atoms with Gasteiger partial charge in [-0.25, -0.2) is 0 Å². The topological polar surface area (TPSA) is 24.8 Å². The molecule has 1 saturated heterocycles. The van der Waals surface area contributed by atoms with Gasteiger partial charge in [0.2, 0.25) is 0 Å². The molecule has 1 aliphatic heterocycles. The SMILES string of the molecule is CON=C1CCCCC1N1CCCCC1. The van der Waals surface area contributed by atoms with Gasteiger partial charge in [-0.1, -0.05) is 18.0 Å². The van der Waals surface area contributed by atoms with Crippen LogP contribution < -0.4 is 0 Å². The van der Waals surface area contributed by atoms with Gasteiger partial charge in [-0.05, 0) is 45.2 Å². The molecule has 0 aromatic heterocycles. The van der Waals surface area contributed by atoms with Crippen molar-refractivity contribution >= 4 is 5.71 Å². The fourth-order valence-electron chi connectivity index (χ4n) is 2.82. The minimum atomic E-state index is 0.582. The van der Waals surface area contributed by atoms with E-state index in [9.17, 15) is 0 Å². The van der Waals surface area contributed by atoms with E-state index in [1.54, 1.807) is 7.11 Å². The Balaban J connectivity index is 1.99. The maximum Gasteiger partial charge on any atom is 0.106 e. The molecule has 1 heterocycles. The van der Waals surface area contributed by atoms with Crippen LogP contribution in [0.25, 0.3) is 0 Å². The minimum absolute atomic E-state index is 0.582. The zero-order chi connectivity index (χ0) is 10.5. The van der Waals surface area contributed by atoms with Gasteiger partial charge in [0.15, 0.2) is 0 Å². The van der Waals surface area contributed by atoms with Gasteiger partial charge in [0.1, 0.15) is 7.11 Å². The van der Waals surface area contributed by atoms with Crippen LogP contribution in [-0.4, -0.2) is 36.9 Å². The van der Waals surface area contributed by atoms with Gasteiger partial charge in [0, 0.05) is 0 Å². The highest BCUT2D eigenvalue weighted by Gasteiger charge is 2.27. The Kier molecular flexibility index (Phi) is 4.01. The molecule has 0 bridgehead atoms. The molecule has 1 saturated carbocycles. The molecule has 0 aromatic carbocycles. The number of rotatable bonds is 2. The lowest BCUT2D eigenvalue weighted by atomic mass is 9.91. The molecule has 0 N–H and O–H groups in total. The number of piperidine rings is 1. The van der Waals surface area contributed by atoms with E-state index < -0.39 is 0 Å². The van der Waals surface area contributed by atoms with Gasteiger partial charge < -0.3 is 4.84 Å². The Morgan fingerprint density at radius 1 is 1.13 bits per heavy atom. The number of nitrogens with zero attached hydrogens (tertiary/aromatic N) is 2. The third-order valence-corrected chi connectivity index (χ3v) is 3.59. The van der Waals surface area contributed by atoms with Crippen molar-refractivity contribution in [1.29, 1.82) is 0 Å². The van der Waals surface area contributed by atoms with Crippen molar-refractivity contribution in [2.45, 2.75) is 51.0 Å². The van der Waals surface area contributed by atoms with E-state index in [0.29, 0.717) is 6.04 Å². The Morgan fingerprint density at radius 2 is 1.93 bits per heavy atom. The van der Waals surface area contributed by atoms with Crippen LogP contribution in [0.4, 0.5) is 0 Å². The monoisotopic (exact) mass is 210 g/mol. The molecule has 3 nitrogen and oxygen atoms in total. The predicted molar refractivity (Wildman–Crippen MR) is 62.1 cm³/mol. The molecule has 0 spiro atoms. The molecule has 0 radical (unpaired) electrons. The van der Waals surface area contributed by atoms with Crippen molar-refractivity contribution in [2.75, 3.05) is 20.2 Å². The summed E-state index contributed by atoms with van der Waals surface area (Å²) in [6, 6.07) is 0.582. The molecular weight excluding hydrogens is 188 g/mol. The molecule has 3 heteroatoms. The van der Waals surface area contributed by atoms with Crippen LogP contribution in [0.1, 0.15) is 44.9 Å². The Hall–Kier alpha value is -0.570. The first-order valence-electron chi connectivity index (χ1n) is 6.26. The van der Waals surface area contributed by atoms with E-state index in [4.69, 9.17) is 4.84 Å². The summed E-state index contributed by atoms with van der Waals surface area (Å²) >= 11 is 0. The van der Waals surface area contributed by atoms with Crippen molar-refractivity contribution in [1.82, 2.24) is 4.90 Å². The van der Waals surface area contributed by atoms with Crippen LogP contribution in [0.5, 0.6) is 0 Å². The maximum absolute atomic E-state index is 4.96. The quantitative estimate of drug-likeness (QED) is 0.654. The van der Waals surface area contributed by atoms with Gasteiger partial charge in [0.25, 0.3) is 0 Å². The summed E-state index contributed by atoms with van der Waals surface area (Å²) in [6.07, 6.45) is 9.17. The lowest BCUT2D eigenvalue weighted by Crippen LogP contribution is -2.45. The van der Waals surface area contributed by atoms with E-state index in [2.05, 4.69) is 10.1 Å². The molecule has 86 valence electrons. The highest BCUT2D eigenvalue weighted by atomic mass is 16.6. The zero-order valence-corrected chi connectivity index (χ0v) is 9.74. The van der Waals surface area contributed by atoms with Crippen LogP contribution in [0.15, 0.2) is 5.16 Å². The molecule has 1 atom stereocenters. The van der Waals surface area contributed by atoms with E-state index in [-0.39, 0.29) is 0 Å². The molecule has 2 fully saturated rings. The van der Waals surface area contributed by atoms with Crippen molar-refractivity contribution < 1.29 is 4.84 Å². The molecule has 0 amide bonds. The first kappa shape index (κ1) is 10.9. The van der Waals surface area contributed by atoms with Crippen LogP contribution >= 0.6 is 0 Å². The van der Waals surface area contributed by atoms with E-state index in [0.717, 1.165) is 6.42 Å². The van der Waals surface area contributed by atoms with Gasteiger partial charge in [-0.3, -0.25) is 4.90 Å². The first-order valence-corrected chi connectivity index (χ1v) is 6.26. The highest BCUT2D eigenvalue weighted by molar-refractivity contribution is 5.89. The minimum Gasteiger partial charge on any atom is -0.399 e. The van der Waals surface area contributed by atoms with E-state index in [1.165, 1.54) is 57.3 Å². The highest BCUT2D eigenvalue weighted by Crippen LogP contribution is 2.23. The summed E-state index contributed by atoms with van der Waals surface area (Å²) in [4.78, 5) is 7.58. The zero-order valence-electron chi connectivity index (χ0n) is 9.74. The van der Waals surface area contributed by atoms with Gasteiger partial charge >= 0.3 is 0 Å². The third-order valence-electron chi connectivity index (χ3n) is 3.59. The summed E-state index contributed by atoms with van der Waals surface area (Å²) < 4.78 is 0. The number of hydrogen-bond donors (Lipinski definition) is 0. The summed E-state index contributed by atoms with van der Waals surface area (Å²) in [5, 5.41) is 4.22. The van der Waals surface area contributed by atoms with Crippen molar-refractivity contribution in [3.05, 3.63) is 0 Å². The molecule has 1 unspecified atom stereocenters. The molecular formula is C12H22N2O. The van der Waals surface area contributed by atoms with Crippen LogP contribution in [0.2, 0.25) is 0 Å². The molecule has 2 aliphatic rings.